The highest BCUT2D eigenvalue weighted by molar-refractivity contribution is 6.35. The maximum atomic E-state index is 11.6. The minimum atomic E-state index is -0.486. The molecule has 0 atom stereocenters. The van der Waals surface area contributed by atoms with E-state index in [1.807, 2.05) is 30.3 Å². The van der Waals surface area contributed by atoms with E-state index < -0.39 is 6.09 Å². The van der Waals surface area contributed by atoms with Crippen LogP contribution in [0.1, 0.15) is 11.1 Å². The lowest BCUT2D eigenvalue weighted by atomic mass is 10.2. The lowest BCUT2D eigenvalue weighted by Gasteiger charge is -2.08. The molecule has 0 aromatic heterocycles. The second-order valence-corrected chi connectivity index (χ2v) is 4.99. The molecule has 104 valence electrons. The van der Waals surface area contributed by atoms with Gasteiger partial charge in [0.1, 0.15) is 6.61 Å². The van der Waals surface area contributed by atoms with Gasteiger partial charge in [0, 0.05) is 22.2 Å². The number of benzene rings is 2. The molecule has 0 saturated heterocycles. The van der Waals surface area contributed by atoms with Crippen molar-refractivity contribution in [3.63, 3.8) is 0 Å². The second kappa shape index (κ2) is 7.17. The average molecular weight is 310 g/mol. The van der Waals surface area contributed by atoms with Crippen molar-refractivity contribution in [1.29, 1.82) is 0 Å². The van der Waals surface area contributed by atoms with E-state index in [4.69, 9.17) is 27.9 Å². The predicted molar refractivity (Wildman–Crippen MR) is 79.9 cm³/mol. The first-order valence-corrected chi connectivity index (χ1v) is 6.79. The van der Waals surface area contributed by atoms with E-state index >= 15 is 0 Å². The minimum Gasteiger partial charge on any atom is -0.445 e. The van der Waals surface area contributed by atoms with E-state index in [-0.39, 0.29) is 6.61 Å². The lowest BCUT2D eigenvalue weighted by molar-refractivity contribution is 0.139. The molecule has 2 aromatic carbocycles. The fourth-order valence-electron chi connectivity index (χ4n) is 1.60. The maximum absolute atomic E-state index is 11.6. The lowest BCUT2D eigenvalue weighted by Crippen LogP contribution is -2.23. The van der Waals surface area contributed by atoms with E-state index in [1.165, 1.54) is 0 Å². The number of rotatable bonds is 4. The van der Waals surface area contributed by atoms with Gasteiger partial charge in [-0.3, -0.25) is 0 Å². The van der Waals surface area contributed by atoms with Gasteiger partial charge in [-0.15, -0.1) is 0 Å². The van der Waals surface area contributed by atoms with E-state index in [9.17, 15) is 4.79 Å². The van der Waals surface area contributed by atoms with E-state index in [0.717, 1.165) is 5.56 Å². The maximum Gasteiger partial charge on any atom is 0.407 e. The van der Waals surface area contributed by atoms with Crippen molar-refractivity contribution in [3.8, 4) is 0 Å². The quantitative estimate of drug-likeness (QED) is 0.908. The fourth-order valence-corrected chi connectivity index (χ4v) is 2.07. The van der Waals surface area contributed by atoms with Crippen LogP contribution in [-0.4, -0.2) is 6.09 Å². The molecule has 0 saturated carbocycles. The molecule has 2 aromatic rings. The van der Waals surface area contributed by atoms with Crippen LogP contribution < -0.4 is 5.32 Å². The summed E-state index contributed by atoms with van der Waals surface area (Å²) in [5, 5.41) is 3.70. The Hall–Kier alpha value is -1.71. The van der Waals surface area contributed by atoms with Crippen molar-refractivity contribution in [3.05, 3.63) is 69.7 Å². The van der Waals surface area contributed by atoms with Crippen LogP contribution in [0.5, 0.6) is 0 Å². The molecule has 1 N–H and O–H groups in total. The number of halogens is 2. The Bertz CT molecular complexity index is 588. The van der Waals surface area contributed by atoms with Crippen LogP contribution in [0.25, 0.3) is 0 Å². The van der Waals surface area contributed by atoms with Crippen LogP contribution in [0, 0.1) is 0 Å². The van der Waals surface area contributed by atoms with Crippen molar-refractivity contribution in [1.82, 2.24) is 5.32 Å². The van der Waals surface area contributed by atoms with Gasteiger partial charge in [0.2, 0.25) is 0 Å². The van der Waals surface area contributed by atoms with Crippen molar-refractivity contribution in [2.75, 3.05) is 0 Å². The molecule has 1 amide bonds. The van der Waals surface area contributed by atoms with E-state index in [2.05, 4.69) is 5.32 Å². The molecule has 0 unspecified atom stereocenters. The van der Waals surface area contributed by atoms with Crippen LogP contribution in [0.2, 0.25) is 10.0 Å². The molecule has 0 aliphatic heterocycles. The highest BCUT2D eigenvalue weighted by atomic mass is 35.5. The molecule has 2 rings (SSSR count). The van der Waals surface area contributed by atoms with Crippen molar-refractivity contribution >= 4 is 29.3 Å². The summed E-state index contributed by atoms with van der Waals surface area (Å²) in [4.78, 5) is 11.6. The average Bonchev–Trinajstić information content (AvgIpc) is 2.45. The molecule has 0 heterocycles. The Morgan fingerprint density at radius 3 is 2.55 bits per heavy atom. The Morgan fingerprint density at radius 2 is 1.85 bits per heavy atom. The Labute approximate surface area is 127 Å². The van der Waals surface area contributed by atoms with Crippen LogP contribution in [0.4, 0.5) is 4.79 Å². The monoisotopic (exact) mass is 309 g/mol. The predicted octanol–water partition coefficient (Wildman–Crippen LogP) is 4.42. The second-order valence-electron chi connectivity index (χ2n) is 4.15. The van der Waals surface area contributed by atoms with Gasteiger partial charge >= 0.3 is 6.09 Å². The molecular formula is C15H13Cl2NO2. The van der Waals surface area contributed by atoms with Crippen LogP contribution in [0.15, 0.2) is 48.5 Å². The standard InChI is InChI=1S/C15H13Cl2NO2/c16-13-7-6-12(14(17)8-13)10-20-15(19)18-9-11-4-2-1-3-5-11/h1-8H,9-10H2,(H,18,19). The van der Waals surface area contributed by atoms with Crippen molar-refractivity contribution in [2.24, 2.45) is 0 Å². The smallest absolute Gasteiger partial charge is 0.407 e. The zero-order valence-electron chi connectivity index (χ0n) is 10.6. The van der Waals surface area contributed by atoms with Gasteiger partial charge in [-0.1, -0.05) is 59.6 Å². The molecule has 5 heteroatoms. The molecule has 20 heavy (non-hydrogen) atoms. The highest BCUT2D eigenvalue weighted by Gasteiger charge is 2.06. The van der Waals surface area contributed by atoms with Gasteiger partial charge < -0.3 is 10.1 Å². The Balaban J connectivity index is 1.80. The van der Waals surface area contributed by atoms with Gasteiger partial charge in [0.25, 0.3) is 0 Å². The molecule has 0 spiro atoms. The Morgan fingerprint density at radius 1 is 1.10 bits per heavy atom. The Kier molecular flexibility index (Phi) is 5.27. The molecular weight excluding hydrogens is 297 g/mol. The fraction of sp³-hybridized carbons (Fsp3) is 0.133. The first kappa shape index (κ1) is 14.7. The van der Waals surface area contributed by atoms with E-state index in [1.54, 1.807) is 18.2 Å². The number of hydrogen-bond donors (Lipinski definition) is 1. The largest absolute Gasteiger partial charge is 0.445 e. The molecule has 0 bridgehead atoms. The third kappa shape index (κ3) is 4.44. The molecule has 0 radical (unpaired) electrons. The number of carbonyl (C=O) groups excluding carboxylic acids is 1. The van der Waals surface area contributed by atoms with Crippen LogP contribution in [0.3, 0.4) is 0 Å². The summed E-state index contributed by atoms with van der Waals surface area (Å²) in [6, 6.07) is 14.6. The number of hydrogen-bond acceptors (Lipinski definition) is 2. The third-order valence-corrected chi connectivity index (χ3v) is 3.24. The number of ether oxygens (including phenoxy) is 1. The van der Waals surface area contributed by atoms with Crippen molar-refractivity contribution < 1.29 is 9.53 Å². The van der Waals surface area contributed by atoms with Gasteiger partial charge in [0.05, 0.1) is 0 Å². The van der Waals surface area contributed by atoms with E-state index in [0.29, 0.717) is 22.2 Å². The summed E-state index contributed by atoms with van der Waals surface area (Å²) < 4.78 is 5.09. The highest BCUT2D eigenvalue weighted by Crippen LogP contribution is 2.21. The van der Waals surface area contributed by atoms with Crippen LogP contribution >= 0.6 is 23.2 Å². The minimum absolute atomic E-state index is 0.108. The first-order valence-electron chi connectivity index (χ1n) is 6.03. The topological polar surface area (TPSA) is 38.3 Å². The summed E-state index contributed by atoms with van der Waals surface area (Å²) in [6.45, 7) is 0.532. The molecule has 3 nitrogen and oxygen atoms in total. The van der Waals surface area contributed by atoms with Gasteiger partial charge in [-0.25, -0.2) is 4.79 Å². The molecule has 0 aliphatic carbocycles. The number of amides is 1. The summed E-state index contributed by atoms with van der Waals surface area (Å²) in [5.74, 6) is 0. The number of nitrogens with one attached hydrogen (secondary N) is 1. The SMILES string of the molecule is O=C(NCc1ccccc1)OCc1ccc(Cl)cc1Cl. The van der Waals surface area contributed by atoms with Gasteiger partial charge in [-0.05, 0) is 17.7 Å². The number of alkyl carbamates (subject to hydrolysis) is 1. The summed E-state index contributed by atoms with van der Waals surface area (Å²) in [7, 11) is 0. The molecule has 0 fully saturated rings. The normalized spacial score (nSPS) is 10.1. The summed E-state index contributed by atoms with van der Waals surface area (Å²) in [6.07, 6.45) is -0.486. The molecule has 0 aliphatic rings. The van der Waals surface area contributed by atoms with Crippen LogP contribution in [-0.2, 0) is 17.9 Å². The summed E-state index contributed by atoms with van der Waals surface area (Å²) >= 11 is 11.8. The van der Waals surface area contributed by atoms with Crippen molar-refractivity contribution in [2.45, 2.75) is 13.2 Å². The number of carbonyl (C=O) groups is 1. The van der Waals surface area contributed by atoms with Gasteiger partial charge in [0.15, 0.2) is 0 Å². The summed E-state index contributed by atoms with van der Waals surface area (Å²) in [5.41, 5.74) is 1.72. The zero-order chi connectivity index (χ0) is 14.4. The first-order chi connectivity index (χ1) is 9.65. The van der Waals surface area contributed by atoms with Gasteiger partial charge in [-0.2, -0.15) is 0 Å². The third-order valence-electron chi connectivity index (χ3n) is 2.65. The zero-order valence-corrected chi connectivity index (χ0v) is 12.1.